The maximum Gasteiger partial charge on any atom is 0.0294 e. The van der Waals surface area contributed by atoms with Gasteiger partial charge in [0.2, 0.25) is 0 Å². The Kier molecular flexibility index (Phi) is 3.43. The van der Waals surface area contributed by atoms with Crippen molar-refractivity contribution >= 4 is 0 Å². The van der Waals surface area contributed by atoms with E-state index < -0.39 is 0 Å². The summed E-state index contributed by atoms with van der Waals surface area (Å²) in [7, 11) is 0. The number of aryl methyl sites for hydroxylation is 1. The molecule has 18 heavy (non-hydrogen) atoms. The van der Waals surface area contributed by atoms with Crippen molar-refractivity contribution in [2.75, 3.05) is 6.54 Å². The summed E-state index contributed by atoms with van der Waals surface area (Å²) in [6.07, 6.45) is 6.01. The fourth-order valence-corrected chi connectivity index (χ4v) is 4.14. The summed E-state index contributed by atoms with van der Waals surface area (Å²) in [5.74, 6) is 3.05. The molecular weight excluding hydrogens is 218 g/mol. The fraction of sp³-hybridized carbons (Fsp3) is 0.647. The Hall–Kier alpha value is -0.820. The van der Waals surface area contributed by atoms with Gasteiger partial charge in [-0.25, -0.2) is 0 Å². The summed E-state index contributed by atoms with van der Waals surface area (Å²) in [6.45, 7) is 5.73. The highest BCUT2D eigenvalue weighted by Crippen LogP contribution is 2.48. The summed E-state index contributed by atoms with van der Waals surface area (Å²) in [4.78, 5) is 0. The van der Waals surface area contributed by atoms with Crippen LogP contribution < -0.4 is 5.32 Å². The summed E-state index contributed by atoms with van der Waals surface area (Å²) in [6, 6.07) is 9.24. The van der Waals surface area contributed by atoms with Crippen molar-refractivity contribution in [2.24, 2.45) is 17.8 Å². The molecule has 2 aliphatic rings. The molecule has 0 amide bonds. The van der Waals surface area contributed by atoms with E-state index in [-0.39, 0.29) is 0 Å². The summed E-state index contributed by atoms with van der Waals surface area (Å²) in [5, 5.41) is 3.77. The summed E-state index contributed by atoms with van der Waals surface area (Å²) < 4.78 is 0. The third-order valence-electron chi connectivity index (χ3n) is 5.23. The quantitative estimate of drug-likeness (QED) is 0.840. The Balaban J connectivity index is 1.56. The van der Waals surface area contributed by atoms with E-state index in [1.54, 1.807) is 0 Å². The molecule has 4 atom stereocenters. The number of nitrogens with one attached hydrogen (secondary N) is 1. The highest BCUT2D eigenvalue weighted by Gasteiger charge is 2.39. The minimum Gasteiger partial charge on any atom is -0.310 e. The van der Waals surface area contributed by atoms with Crippen LogP contribution in [0.15, 0.2) is 24.3 Å². The van der Waals surface area contributed by atoms with Crippen LogP contribution in [0.25, 0.3) is 0 Å². The average molecular weight is 243 g/mol. The van der Waals surface area contributed by atoms with E-state index in [1.807, 2.05) is 0 Å². The van der Waals surface area contributed by atoms with Crippen molar-refractivity contribution in [3.05, 3.63) is 35.4 Å². The van der Waals surface area contributed by atoms with Crippen LogP contribution in [0.1, 0.15) is 49.8 Å². The summed E-state index contributed by atoms with van der Waals surface area (Å²) >= 11 is 0. The standard InChI is InChI=1S/C17H25N/c1-12-5-3-4-6-17(12)13(2)18-11-16-10-14-7-8-15(16)9-14/h3-6,13-16,18H,7-11H2,1-2H3/t13-,14?,15?,16?/m0/s1. The van der Waals surface area contributed by atoms with Gasteiger partial charge in [-0.05, 0) is 68.5 Å². The molecule has 1 nitrogen and oxygen atoms in total. The zero-order chi connectivity index (χ0) is 12.5. The van der Waals surface area contributed by atoms with Gasteiger partial charge in [0.1, 0.15) is 0 Å². The van der Waals surface area contributed by atoms with E-state index in [0.29, 0.717) is 6.04 Å². The topological polar surface area (TPSA) is 12.0 Å². The first-order valence-corrected chi connectivity index (χ1v) is 7.53. The maximum atomic E-state index is 3.77. The summed E-state index contributed by atoms with van der Waals surface area (Å²) in [5.41, 5.74) is 2.87. The first kappa shape index (κ1) is 12.2. The molecular formula is C17H25N. The average Bonchev–Trinajstić information content (AvgIpc) is 2.98. The van der Waals surface area contributed by atoms with Crippen molar-refractivity contribution in [2.45, 2.75) is 45.6 Å². The monoisotopic (exact) mass is 243 g/mol. The molecule has 3 rings (SSSR count). The second-order valence-electron chi connectivity index (χ2n) is 6.42. The van der Waals surface area contributed by atoms with E-state index in [4.69, 9.17) is 0 Å². The van der Waals surface area contributed by atoms with Gasteiger partial charge < -0.3 is 5.32 Å². The molecule has 2 saturated carbocycles. The predicted octanol–water partition coefficient (Wildman–Crippen LogP) is 4.08. The zero-order valence-electron chi connectivity index (χ0n) is 11.7. The van der Waals surface area contributed by atoms with E-state index in [0.717, 1.165) is 17.8 Å². The molecule has 0 spiro atoms. The van der Waals surface area contributed by atoms with Crippen molar-refractivity contribution in [3.63, 3.8) is 0 Å². The van der Waals surface area contributed by atoms with Crippen LogP contribution in [-0.2, 0) is 0 Å². The molecule has 1 N–H and O–H groups in total. The van der Waals surface area contributed by atoms with Crippen LogP contribution in [0.5, 0.6) is 0 Å². The van der Waals surface area contributed by atoms with Crippen LogP contribution in [0.2, 0.25) is 0 Å². The van der Waals surface area contributed by atoms with Crippen molar-refractivity contribution in [1.29, 1.82) is 0 Å². The van der Waals surface area contributed by atoms with Crippen molar-refractivity contribution < 1.29 is 0 Å². The molecule has 1 heteroatoms. The Morgan fingerprint density at radius 3 is 2.72 bits per heavy atom. The lowest BCUT2D eigenvalue weighted by Crippen LogP contribution is -2.29. The molecule has 0 saturated heterocycles. The second kappa shape index (κ2) is 5.05. The van der Waals surface area contributed by atoms with E-state index in [9.17, 15) is 0 Å². The maximum absolute atomic E-state index is 3.77. The lowest BCUT2D eigenvalue weighted by molar-refractivity contribution is 0.309. The van der Waals surface area contributed by atoms with Crippen LogP contribution >= 0.6 is 0 Å². The van der Waals surface area contributed by atoms with E-state index in [2.05, 4.69) is 43.4 Å². The van der Waals surface area contributed by atoms with Crippen molar-refractivity contribution in [1.82, 2.24) is 5.32 Å². The first-order valence-electron chi connectivity index (χ1n) is 7.53. The minimum absolute atomic E-state index is 0.491. The van der Waals surface area contributed by atoms with Gasteiger partial charge in [-0.2, -0.15) is 0 Å². The lowest BCUT2D eigenvalue weighted by Gasteiger charge is -2.25. The van der Waals surface area contributed by atoms with Gasteiger partial charge in [0.05, 0.1) is 0 Å². The van der Waals surface area contributed by atoms with Crippen LogP contribution in [0.3, 0.4) is 0 Å². The molecule has 0 aromatic heterocycles. The van der Waals surface area contributed by atoms with Gasteiger partial charge in [-0.1, -0.05) is 30.7 Å². The number of rotatable bonds is 4. The Morgan fingerprint density at radius 1 is 1.22 bits per heavy atom. The second-order valence-corrected chi connectivity index (χ2v) is 6.42. The molecule has 98 valence electrons. The minimum atomic E-state index is 0.491. The highest BCUT2D eigenvalue weighted by molar-refractivity contribution is 5.28. The Labute approximate surface area is 111 Å². The molecule has 2 aliphatic carbocycles. The van der Waals surface area contributed by atoms with Gasteiger partial charge in [-0.3, -0.25) is 0 Å². The smallest absolute Gasteiger partial charge is 0.0294 e. The van der Waals surface area contributed by atoms with Gasteiger partial charge in [0, 0.05) is 6.04 Å². The van der Waals surface area contributed by atoms with Gasteiger partial charge >= 0.3 is 0 Å². The number of hydrogen-bond donors (Lipinski definition) is 1. The Morgan fingerprint density at radius 2 is 2.06 bits per heavy atom. The van der Waals surface area contributed by atoms with Crippen LogP contribution in [0, 0.1) is 24.7 Å². The van der Waals surface area contributed by atoms with Crippen LogP contribution in [0.4, 0.5) is 0 Å². The molecule has 1 aromatic carbocycles. The van der Waals surface area contributed by atoms with Gasteiger partial charge in [-0.15, -0.1) is 0 Å². The molecule has 2 fully saturated rings. The normalized spacial score (nSPS) is 31.8. The van der Waals surface area contributed by atoms with Crippen LogP contribution in [-0.4, -0.2) is 6.54 Å². The van der Waals surface area contributed by atoms with Crippen molar-refractivity contribution in [3.8, 4) is 0 Å². The number of benzene rings is 1. The molecule has 0 aliphatic heterocycles. The molecule has 1 aromatic rings. The largest absolute Gasteiger partial charge is 0.310 e. The van der Waals surface area contributed by atoms with Gasteiger partial charge in [0.25, 0.3) is 0 Å². The fourth-order valence-electron chi connectivity index (χ4n) is 4.14. The molecule has 3 unspecified atom stereocenters. The third kappa shape index (κ3) is 2.33. The highest BCUT2D eigenvalue weighted by atomic mass is 14.9. The first-order chi connectivity index (χ1) is 8.74. The molecule has 0 radical (unpaired) electrons. The van der Waals surface area contributed by atoms with E-state index >= 15 is 0 Å². The predicted molar refractivity (Wildman–Crippen MR) is 76.5 cm³/mol. The molecule has 2 bridgehead atoms. The van der Waals surface area contributed by atoms with Gasteiger partial charge in [0.15, 0.2) is 0 Å². The molecule has 0 heterocycles. The number of fused-ring (bicyclic) bond motifs is 2. The number of hydrogen-bond acceptors (Lipinski definition) is 1. The lowest BCUT2D eigenvalue weighted by atomic mass is 9.88. The Bertz CT molecular complexity index is 412. The SMILES string of the molecule is Cc1ccccc1[C@H](C)NCC1CC2CCC1C2. The van der Waals surface area contributed by atoms with E-state index in [1.165, 1.54) is 43.4 Å². The third-order valence-corrected chi connectivity index (χ3v) is 5.23. The zero-order valence-corrected chi connectivity index (χ0v) is 11.7.